The molecule has 5 rings (SSSR count). The van der Waals surface area contributed by atoms with Crippen molar-refractivity contribution in [1.29, 1.82) is 0 Å². The maximum atomic E-state index is 14.6. The Morgan fingerprint density at radius 1 is 1.19 bits per heavy atom. The molecule has 0 unspecified atom stereocenters. The average Bonchev–Trinajstić information content (AvgIpc) is 3.40. The highest BCUT2D eigenvalue weighted by atomic mass is 35.5. The molecule has 140 valence electrons. The summed E-state index contributed by atoms with van der Waals surface area (Å²) in [5.74, 6) is -0.220. The van der Waals surface area contributed by atoms with Crippen LogP contribution in [0.4, 0.5) is 15.8 Å². The van der Waals surface area contributed by atoms with Crippen molar-refractivity contribution in [2.45, 2.75) is 23.8 Å². The smallest absolute Gasteiger partial charge is 0.237 e. The number of hydrogen-bond acceptors (Lipinski definition) is 3. The third-order valence-electron chi connectivity index (χ3n) is 6.10. The fraction of sp³-hybridized carbons (Fsp3) is 0.350. The van der Waals surface area contributed by atoms with Gasteiger partial charge in [-0.1, -0.05) is 29.3 Å². The molecule has 27 heavy (non-hydrogen) atoms. The molecule has 1 aliphatic carbocycles. The summed E-state index contributed by atoms with van der Waals surface area (Å²) in [6, 6.07) is 8.76. The fourth-order valence-electron chi connectivity index (χ4n) is 4.39. The zero-order valence-electron chi connectivity index (χ0n) is 14.7. The average molecular weight is 406 g/mol. The normalized spacial score (nSPS) is 21.2. The molecule has 0 radical (unpaired) electrons. The molecule has 4 nitrogen and oxygen atoms in total. The Morgan fingerprint density at radius 3 is 2.56 bits per heavy atom. The summed E-state index contributed by atoms with van der Waals surface area (Å²) in [6.45, 7) is 1.06. The highest BCUT2D eigenvalue weighted by Gasteiger charge is 2.58. The first-order valence-electron chi connectivity index (χ1n) is 8.94. The largest absolute Gasteiger partial charge is 0.373 e. The number of carbonyl (C=O) groups excluding carboxylic acids is 1. The molecule has 3 aliphatic rings. The predicted molar refractivity (Wildman–Crippen MR) is 105 cm³/mol. The third kappa shape index (κ3) is 2.28. The Bertz CT molecular complexity index is 985. The molecule has 1 spiro atoms. The lowest BCUT2D eigenvalue weighted by Crippen LogP contribution is -2.62. The Labute approximate surface area is 166 Å². The number of nitrogens with zero attached hydrogens (tertiary/aromatic N) is 1. The van der Waals surface area contributed by atoms with E-state index in [1.165, 1.54) is 12.1 Å². The summed E-state index contributed by atoms with van der Waals surface area (Å²) in [7, 11) is 1.81. The number of rotatable bonds is 3. The van der Waals surface area contributed by atoms with E-state index in [9.17, 15) is 9.18 Å². The quantitative estimate of drug-likeness (QED) is 0.756. The molecule has 2 aliphatic heterocycles. The van der Waals surface area contributed by atoms with Gasteiger partial charge in [-0.05, 0) is 42.7 Å². The number of halogens is 3. The number of likely N-dealkylation sites (N-methyl/N-ethyl adjacent to an activating group) is 1. The van der Waals surface area contributed by atoms with E-state index in [2.05, 4.69) is 10.6 Å². The lowest BCUT2D eigenvalue weighted by molar-refractivity contribution is -0.119. The third-order valence-corrected chi connectivity index (χ3v) is 6.90. The highest BCUT2D eigenvalue weighted by Crippen LogP contribution is 2.57. The van der Waals surface area contributed by atoms with Crippen molar-refractivity contribution in [2.75, 3.05) is 30.4 Å². The van der Waals surface area contributed by atoms with Gasteiger partial charge in [-0.15, -0.1) is 0 Å². The van der Waals surface area contributed by atoms with E-state index < -0.39 is 5.54 Å². The van der Waals surface area contributed by atoms with Crippen LogP contribution in [0.1, 0.15) is 24.0 Å². The number of carbonyl (C=O) groups is 1. The van der Waals surface area contributed by atoms with Crippen LogP contribution in [-0.2, 0) is 15.7 Å². The molecular formula is C20H18Cl2FN3O. The van der Waals surface area contributed by atoms with Gasteiger partial charge in [0, 0.05) is 37.1 Å². The van der Waals surface area contributed by atoms with E-state index in [1.807, 2.05) is 25.2 Å². The van der Waals surface area contributed by atoms with Crippen LogP contribution >= 0.6 is 23.2 Å². The summed E-state index contributed by atoms with van der Waals surface area (Å²) in [5, 5.41) is 7.20. The van der Waals surface area contributed by atoms with Crippen molar-refractivity contribution >= 4 is 40.5 Å². The maximum absolute atomic E-state index is 14.6. The van der Waals surface area contributed by atoms with Crippen molar-refractivity contribution in [1.82, 2.24) is 5.32 Å². The maximum Gasteiger partial charge on any atom is 0.237 e. The second-order valence-corrected chi connectivity index (χ2v) is 8.49. The molecule has 2 aromatic carbocycles. The first kappa shape index (κ1) is 17.3. The molecule has 2 fully saturated rings. The summed E-state index contributed by atoms with van der Waals surface area (Å²) >= 11 is 12.5. The predicted octanol–water partition coefficient (Wildman–Crippen LogP) is 4.05. The lowest BCUT2D eigenvalue weighted by atomic mass is 9.83. The molecule has 1 saturated carbocycles. The minimum atomic E-state index is -0.682. The lowest BCUT2D eigenvalue weighted by Gasteiger charge is -2.45. The summed E-state index contributed by atoms with van der Waals surface area (Å²) in [5.41, 5.74) is 2.22. The molecule has 2 N–H and O–H groups in total. The van der Waals surface area contributed by atoms with Gasteiger partial charge < -0.3 is 15.5 Å². The minimum Gasteiger partial charge on any atom is -0.373 e. The molecule has 7 heteroatoms. The zero-order valence-corrected chi connectivity index (χ0v) is 16.2. The molecule has 0 atom stereocenters. The van der Waals surface area contributed by atoms with Gasteiger partial charge in [0.15, 0.2) is 0 Å². The van der Waals surface area contributed by atoms with Gasteiger partial charge in [0.2, 0.25) is 5.91 Å². The molecular weight excluding hydrogens is 388 g/mol. The molecule has 2 aromatic rings. The fourth-order valence-corrected chi connectivity index (χ4v) is 4.88. The number of benzene rings is 2. The Kier molecular flexibility index (Phi) is 3.58. The second kappa shape index (κ2) is 5.60. The summed E-state index contributed by atoms with van der Waals surface area (Å²) in [6.07, 6.45) is 1.82. The van der Waals surface area contributed by atoms with E-state index in [-0.39, 0.29) is 22.2 Å². The zero-order chi connectivity index (χ0) is 19.0. The summed E-state index contributed by atoms with van der Waals surface area (Å²) in [4.78, 5) is 14.3. The molecule has 1 amide bonds. The molecule has 0 bridgehead atoms. The highest BCUT2D eigenvalue weighted by molar-refractivity contribution is 6.42. The van der Waals surface area contributed by atoms with Crippen molar-refractivity contribution in [3.63, 3.8) is 0 Å². The van der Waals surface area contributed by atoms with Gasteiger partial charge in [0.25, 0.3) is 0 Å². The van der Waals surface area contributed by atoms with E-state index in [1.54, 1.807) is 4.90 Å². The van der Waals surface area contributed by atoms with Crippen LogP contribution in [0.3, 0.4) is 0 Å². The molecule has 0 aromatic heterocycles. The van der Waals surface area contributed by atoms with E-state index in [0.717, 1.165) is 29.8 Å². The second-order valence-electron chi connectivity index (χ2n) is 7.71. The minimum absolute atomic E-state index is 0.165. The van der Waals surface area contributed by atoms with Gasteiger partial charge >= 0.3 is 0 Å². The van der Waals surface area contributed by atoms with Crippen LogP contribution in [-0.4, -0.2) is 26.0 Å². The standard InChI is InChI=1S/C20H18Cl2FN3O/c1-26-15-8-11(2-3-12(15)19(6-7-19)18(26)27)25-20(9-24-10-20)16-14(23)5-4-13(21)17(16)22/h2-5,8,24-25H,6-7,9-10H2,1H3. The number of amides is 1. The topological polar surface area (TPSA) is 44.4 Å². The number of anilines is 2. The van der Waals surface area contributed by atoms with Gasteiger partial charge in [-0.25, -0.2) is 4.39 Å². The molecule has 2 heterocycles. The Morgan fingerprint density at radius 2 is 1.93 bits per heavy atom. The van der Waals surface area contributed by atoms with Gasteiger partial charge in [0.05, 0.1) is 21.0 Å². The van der Waals surface area contributed by atoms with Crippen molar-refractivity contribution in [3.8, 4) is 0 Å². The van der Waals surface area contributed by atoms with Crippen LogP contribution < -0.4 is 15.5 Å². The summed E-state index contributed by atoms with van der Waals surface area (Å²) < 4.78 is 14.6. The van der Waals surface area contributed by atoms with Gasteiger partial charge in [-0.2, -0.15) is 0 Å². The molecule has 1 saturated heterocycles. The Balaban J connectivity index is 1.54. The van der Waals surface area contributed by atoms with Crippen LogP contribution in [0.5, 0.6) is 0 Å². The first-order valence-corrected chi connectivity index (χ1v) is 9.69. The van der Waals surface area contributed by atoms with E-state index in [0.29, 0.717) is 23.7 Å². The van der Waals surface area contributed by atoms with Crippen molar-refractivity contribution < 1.29 is 9.18 Å². The van der Waals surface area contributed by atoms with E-state index in [4.69, 9.17) is 23.2 Å². The number of nitrogens with one attached hydrogen (secondary N) is 2. The number of fused-ring (bicyclic) bond motifs is 2. The first-order chi connectivity index (χ1) is 12.9. The monoisotopic (exact) mass is 405 g/mol. The van der Waals surface area contributed by atoms with Crippen LogP contribution in [0, 0.1) is 5.82 Å². The number of hydrogen-bond donors (Lipinski definition) is 2. The van der Waals surface area contributed by atoms with Crippen LogP contribution in [0.2, 0.25) is 10.0 Å². The van der Waals surface area contributed by atoms with Crippen molar-refractivity contribution in [3.05, 3.63) is 57.3 Å². The van der Waals surface area contributed by atoms with Gasteiger partial charge in [-0.3, -0.25) is 4.79 Å². The van der Waals surface area contributed by atoms with Crippen LogP contribution in [0.15, 0.2) is 30.3 Å². The van der Waals surface area contributed by atoms with Gasteiger partial charge in [0.1, 0.15) is 5.82 Å². The van der Waals surface area contributed by atoms with Crippen LogP contribution in [0.25, 0.3) is 0 Å². The van der Waals surface area contributed by atoms with Crippen molar-refractivity contribution in [2.24, 2.45) is 0 Å². The van der Waals surface area contributed by atoms with E-state index >= 15 is 0 Å². The Hall–Kier alpha value is -1.82. The SMILES string of the molecule is CN1C(=O)C2(CC2)c2ccc(NC3(c4c(F)ccc(Cl)c4Cl)CNC3)cc21.